The quantitative estimate of drug-likeness (QED) is 0.772. The molecule has 0 fully saturated rings. The van der Waals surface area contributed by atoms with Crippen molar-refractivity contribution in [3.8, 4) is 0 Å². The summed E-state index contributed by atoms with van der Waals surface area (Å²) < 4.78 is 37.3. The molecule has 0 aliphatic heterocycles. The molecule has 1 heterocycles. The number of nitrogens with two attached hydrogens (primary N) is 1. The summed E-state index contributed by atoms with van der Waals surface area (Å²) in [5.74, 6) is 0. The van der Waals surface area contributed by atoms with E-state index in [1.165, 1.54) is 0 Å². The topological polar surface area (TPSA) is 51.8 Å². The highest BCUT2D eigenvalue weighted by Crippen LogP contribution is 2.41. The molecule has 3 nitrogen and oxygen atoms in total. The SMILES string of the molecule is CC(C)(c1nnc(N)s1)C(F)(F)F. The van der Waals surface area contributed by atoms with E-state index in [-0.39, 0.29) is 10.1 Å². The number of anilines is 1. The van der Waals surface area contributed by atoms with Gasteiger partial charge in [0, 0.05) is 0 Å². The normalized spacial score (nSPS) is 13.3. The van der Waals surface area contributed by atoms with Crippen LogP contribution in [0.3, 0.4) is 0 Å². The summed E-state index contributed by atoms with van der Waals surface area (Å²) in [6.07, 6.45) is -4.33. The van der Waals surface area contributed by atoms with Crippen molar-refractivity contribution in [2.75, 3.05) is 5.73 Å². The molecule has 7 heteroatoms. The maximum Gasteiger partial charge on any atom is 0.400 e. The van der Waals surface area contributed by atoms with Gasteiger partial charge in [-0.25, -0.2) is 0 Å². The Balaban J connectivity index is 3.07. The lowest BCUT2D eigenvalue weighted by Crippen LogP contribution is -2.36. The van der Waals surface area contributed by atoms with Gasteiger partial charge in [-0.15, -0.1) is 10.2 Å². The summed E-state index contributed by atoms with van der Waals surface area (Å²) in [5.41, 5.74) is 3.21. The van der Waals surface area contributed by atoms with Gasteiger partial charge in [-0.05, 0) is 13.8 Å². The van der Waals surface area contributed by atoms with Crippen LogP contribution >= 0.6 is 11.3 Å². The summed E-state index contributed by atoms with van der Waals surface area (Å²) in [6, 6.07) is 0. The fraction of sp³-hybridized carbons (Fsp3) is 0.667. The standard InChI is InChI=1S/C6H8F3N3S/c1-5(2,6(7,8)9)3-11-12-4(10)13-3/h1-2H3,(H2,10,12). The van der Waals surface area contributed by atoms with Gasteiger partial charge in [-0.1, -0.05) is 11.3 Å². The monoisotopic (exact) mass is 211 g/mol. The molecule has 0 aliphatic carbocycles. The van der Waals surface area contributed by atoms with Crippen molar-refractivity contribution in [1.29, 1.82) is 0 Å². The highest BCUT2D eigenvalue weighted by Gasteiger charge is 2.50. The Kier molecular flexibility index (Phi) is 2.23. The largest absolute Gasteiger partial charge is 0.400 e. The zero-order valence-corrected chi connectivity index (χ0v) is 7.83. The molecule has 0 radical (unpaired) electrons. The third-order valence-electron chi connectivity index (χ3n) is 1.68. The third-order valence-corrected chi connectivity index (χ3v) is 2.76. The molecule has 0 saturated carbocycles. The van der Waals surface area contributed by atoms with E-state index in [2.05, 4.69) is 10.2 Å². The Bertz CT molecular complexity index is 304. The number of rotatable bonds is 1. The number of halogens is 3. The molecule has 0 atom stereocenters. The van der Waals surface area contributed by atoms with Crippen molar-refractivity contribution in [2.24, 2.45) is 0 Å². The van der Waals surface area contributed by atoms with E-state index >= 15 is 0 Å². The maximum absolute atomic E-state index is 12.4. The predicted molar refractivity (Wildman–Crippen MR) is 43.4 cm³/mol. The van der Waals surface area contributed by atoms with Crippen molar-refractivity contribution in [1.82, 2.24) is 10.2 Å². The van der Waals surface area contributed by atoms with Crippen LogP contribution in [0.2, 0.25) is 0 Å². The van der Waals surface area contributed by atoms with Crippen LogP contribution in [0, 0.1) is 0 Å². The zero-order valence-electron chi connectivity index (χ0n) is 7.01. The lowest BCUT2D eigenvalue weighted by atomic mass is 9.94. The van der Waals surface area contributed by atoms with Crippen LogP contribution in [0.1, 0.15) is 18.9 Å². The Morgan fingerprint density at radius 1 is 1.23 bits per heavy atom. The number of hydrogen-bond acceptors (Lipinski definition) is 4. The van der Waals surface area contributed by atoms with Crippen molar-refractivity contribution in [3.63, 3.8) is 0 Å². The molecule has 0 aliphatic rings. The van der Waals surface area contributed by atoms with E-state index in [1.54, 1.807) is 0 Å². The van der Waals surface area contributed by atoms with Crippen LogP contribution in [-0.4, -0.2) is 16.4 Å². The number of aromatic nitrogens is 2. The lowest BCUT2D eigenvalue weighted by Gasteiger charge is -2.24. The summed E-state index contributed by atoms with van der Waals surface area (Å²) in [6.45, 7) is 2.10. The number of hydrogen-bond donors (Lipinski definition) is 1. The summed E-state index contributed by atoms with van der Waals surface area (Å²) in [7, 11) is 0. The molecule has 1 aromatic heterocycles. The van der Waals surface area contributed by atoms with Crippen LogP contribution in [0.5, 0.6) is 0 Å². The van der Waals surface area contributed by atoms with Crippen molar-refractivity contribution < 1.29 is 13.2 Å². The van der Waals surface area contributed by atoms with E-state index in [9.17, 15) is 13.2 Å². The molecule has 0 spiro atoms. The zero-order chi connectivity index (χ0) is 10.3. The first-order valence-electron chi connectivity index (χ1n) is 3.41. The highest BCUT2D eigenvalue weighted by atomic mass is 32.1. The van der Waals surface area contributed by atoms with Crippen molar-refractivity contribution >= 4 is 16.5 Å². The second-order valence-electron chi connectivity index (χ2n) is 3.07. The molecule has 1 rings (SSSR count). The van der Waals surface area contributed by atoms with E-state index in [0.29, 0.717) is 0 Å². The molecule has 0 aromatic carbocycles. The van der Waals surface area contributed by atoms with Crippen LogP contribution in [0.15, 0.2) is 0 Å². The molecule has 2 N–H and O–H groups in total. The van der Waals surface area contributed by atoms with Gasteiger partial charge in [0.25, 0.3) is 0 Å². The minimum Gasteiger partial charge on any atom is -0.374 e. The first-order chi connectivity index (χ1) is 5.75. The van der Waals surface area contributed by atoms with Crippen LogP contribution in [0.4, 0.5) is 18.3 Å². The van der Waals surface area contributed by atoms with E-state index in [4.69, 9.17) is 5.73 Å². The fourth-order valence-corrected chi connectivity index (χ4v) is 1.34. The molecule has 0 unspecified atom stereocenters. The molecular weight excluding hydrogens is 203 g/mol. The first-order valence-corrected chi connectivity index (χ1v) is 4.23. The Labute approximate surface area is 76.8 Å². The second kappa shape index (κ2) is 2.83. The van der Waals surface area contributed by atoms with Crippen molar-refractivity contribution in [3.05, 3.63) is 5.01 Å². The Morgan fingerprint density at radius 3 is 2.08 bits per heavy atom. The minimum atomic E-state index is -4.33. The molecule has 0 amide bonds. The van der Waals surface area contributed by atoms with Gasteiger partial charge in [0.05, 0.1) is 0 Å². The fourth-order valence-electron chi connectivity index (χ4n) is 0.608. The van der Waals surface area contributed by atoms with E-state index in [1.807, 2.05) is 0 Å². The summed E-state index contributed by atoms with van der Waals surface area (Å²) in [4.78, 5) is 0. The summed E-state index contributed by atoms with van der Waals surface area (Å²) >= 11 is 0.757. The number of alkyl halides is 3. The van der Waals surface area contributed by atoms with Crippen LogP contribution in [-0.2, 0) is 5.41 Å². The number of nitrogen functional groups attached to an aromatic ring is 1. The van der Waals surface area contributed by atoms with Gasteiger partial charge < -0.3 is 5.73 Å². The second-order valence-corrected chi connectivity index (χ2v) is 4.08. The molecule has 13 heavy (non-hydrogen) atoms. The molecule has 1 aromatic rings. The molecule has 74 valence electrons. The average Bonchev–Trinajstić information content (AvgIpc) is 2.33. The minimum absolute atomic E-state index is 0.0484. The lowest BCUT2D eigenvalue weighted by molar-refractivity contribution is -0.180. The molecular formula is C6H8F3N3S. The smallest absolute Gasteiger partial charge is 0.374 e. The molecule has 0 bridgehead atoms. The Morgan fingerprint density at radius 2 is 1.77 bits per heavy atom. The van der Waals surface area contributed by atoms with Crippen molar-refractivity contribution in [2.45, 2.75) is 25.4 Å². The van der Waals surface area contributed by atoms with Gasteiger partial charge in [0.15, 0.2) is 0 Å². The van der Waals surface area contributed by atoms with Gasteiger partial charge in [-0.3, -0.25) is 0 Å². The third kappa shape index (κ3) is 1.74. The van der Waals surface area contributed by atoms with E-state index < -0.39 is 11.6 Å². The number of nitrogens with zero attached hydrogens (tertiary/aromatic N) is 2. The van der Waals surface area contributed by atoms with Crippen LogP contribution < -0.4 is 5.73 Å². The van der Waals surface area contributed by atoms with Gasteiger partial charge in [0.1, 0.15) is 10.4 Å². The highest BCUT2D eigenvalue weighted by molar-refractivity contribution is 7.15. The summed E-state index contributed by atoms with van der Waals surface area (Å²) in [5, 5.41) is 6.66. The maximum atomic E-state index is 12.4. The van der Waals surface area contributed by atoms with Gasteiger partial charge in [0.2, 0.25) is 5.13 Å². The average molecular weight is 211 g/mol. The molecule has 0 saturated heterocycles. The van der Waals surface area contributed by atoms with Gasteiger partial charge in [-0.2, -0.15) is 13.2 Å². The predicted octanol–water partition coefficient (Wildman–Crippen LogP) is 1.96. The van der Waals surface area contributed by atoms with E-state index in [0.717, 1.165) is 25.2 Å². The Hall–Kier alpha value is -0.850. The van der Waals surface area contributed by atoms with Crippen LogP contribution in [0.25, 0.3) is 0 Å². The first kappa shape index (κ1) is 10.2. The van der Waals surface area contributed by atoms with Gasteiger partial charge >= 0.3 is 6.18 Å².